The third kappa shape index (κ3) is 18.4. The van der Waals surface area contributed by atoms with Crippen LogP contribution in [0.15, 0.2) is 78.9 Å². The molecule has 5 N–H and O–H groups in total. The van der Waals surface area contributed by atoms with Crippen molar-refractivity contribution in [3.63, 3.8) is 0 Å². The van der Waals surface area contributed by atoms with E-state index >= 15 is 0 Å². The van der Waals surface area contributed by atoms with Crippen molar-refractivity contribution in [1.82, 2.24) is 9.80 Å². The zero-order chi connectivity index (χ0) is 41.5. The monoisotopic (exact) mass is 896 g/mol. The van der Waals surface area contributed by atoms with Crippen LogP contribution in [0.2, 0.25) is 20.1 Å². The van der Waals surface area contributed by atoms with E-state index in [1.54, 1.807) is 42.5 Å². The number of nitrogens with one attached hydrogen (secondary N) is 2. The Morgan fingerprint density at radius 2 is 1.33 bits per heavy atom. The summed E-state index contributed by atoms with van der Waals surface area (Å²) in [7, 11) is -0.660. The summed E-state index contributed by atoms with van der Waals surface area (Å²) in [6, 6.07) is 24.3. The van der Waals surface area contributed by atoms with Crippen LogP contribution < -0.4 is 10.6 Å². The van der Waals surface area contributed by atoms with Crippen molar-refractivity contribution in [3.05, 3.63) is 127 Å². The Kier molecular flexibility index (Phi) is 20.7. The minimum absolute atomic E-state index is 0.0703. The molecule has 2 unspecified atom stereocenters. The van der Waals surface area contributed by atoms with Crippen molar-refractivity contribution in [2.24, 2.45) is 0 Å². The average molecular weight is 900 g/mol. The number of halogens is 6. The lowest BCUT2D eigenvalue weighted by Gasteiger charge is -2.33. The lowest BCUT2D eigenvalue weighted by atomic mass is 9.84. The van der Waals surface area contributed by atoms with E-state index in [-0.39, 0.29) is 23.1 Å². The van der Waals surface area contributed by atoms with Gasteiger partial charge < -0.3 is 20.6 Å². The van der Waals surface area contributed by atoms with Gasteiger partial charge in [0.2, 0.25) is 11.8 Å². The Labute approximate surface area is 352 Å². The van der Waals surface area contributed by atoms with Crippen LogP contribution in [-0.2, 0) is 33.1 Å². The summed E-state index contributed by atoms with van der Waals surface area (Å²) < 4.78 is 31.6. The van der Waals surface area contributed by atoms with Crippen LogP contribution in [0.4, 0.5) is 11.4 Å². The SMILES string of the molecule is CC(=O)Nc1ccc(C(O)CN(C)Cc2ccc(Cl)cc2Cl)cc1.CC(=O)Nc1ccc(C2CN(C)Cc3c(Cl)cc(Cl)cc32)cc1.ClCCl.O=S(=O)(O)O. The summed E-state index contributed by atoms with van der Waals surface area (Å²) >= 11 is 34.2. The number of carbonyl (C=O) groups excluding carboxylic acids is 2. The maximum atomic E-state index is 11.1. The molecule has 0 aliphatic carbocycles. The molecule has 0 fully saturated rings. The molecule has 11 nitrogen and oxygen atoms in total. The van der Waals surface area contributed by atoms with E-state index in [1.165, 1.54) is 25.0 Å². The maximum Gasteiger partial charge on any atom is 0.394 e. The van der Waals surface area contributed by atoms with Gasteiger partial charge >= 0.3 is 10.4 Å². The molecule has 4 aromatic carbocycles. The van der Waals surface area contributed by atoms with E-state index in [2.05, 4.69) is 22.6 Å². The fraction of sp³-hybridized carbons (Fsp3) is 0.297. The first-order chi connectivity index (χ1) is 25.7. The number of benzene rings is 4. The molecule has 1 heterocycles. The van der Waals surface area contributed by atoms with Gasteiger partial charge in [0, 0.05) is 77.4 Å². The van der Waals surface area contributed by atoms with Crippen molar-refractivity contribution < 1.29 is 32.2 Å². The molecule has 2 atom stereocenters. The van der Waals surface area contributed by atoms with Gasteiger partial charge in [0.25, 0.3) is 0 Å². The number of hydrogen-bond acceptors (Lipinski definition) is 7. The van der Waals surface area contributed by atoms with Gasteiger partial charge in [-0.15, -0.1) is 23.2 Å². The van der Waals surface area contributed by atoms with Crippen LogP contribution in [0.1, 0.15) is 53.7 Å². The van der Waals surface area contributed by atoms with Crippen molar-refractivity contribution >= 4 is 103 Å². The van der Waals surface area contributed by atoms with Gasteiger partial charge in [0.15, 0.2) is 0 Å². The minimum Gasteiger partial charge on any atom is -0.387 e. The molecule has 0 spiro atoms. The first-order valence-electron chi connectivity index (χ1n) is 16.2. The molecule has 55 heavy (non-hydrogen) atoms. The Morgan fingerprint density at radius 3 is 1.82 bits per heavy atom. The summed E-state index contributed by atoms with van der Waals surface area (Å²) in [5.41, 5.74) is 6.77. The highest BCUT2D eigenvalue weighted by molar-refractivity contribution is 7.79. The van der Waals surface area contributed by atoms with E-state index in [1.807, 2.05) is 48.3 Å². The Hall–Kier alpha value is -2.69. The van der Waals surface area contributed by atoms with Gasteiger partial charge in [-0.25, -0.2) is 0 Å². The standard InChI is InChI=1S/C18H20Cl2N2O2.C18H18Cl2N2O.CH2Cl2.H2O4S/c1-12(23)21-16-7-4-13(5-8-16)18(24)11-22(2)10-14-3-6-15(19)9-17(14)20;1-11(23)21-14-5-3-12(4-6-14)16-9-22(2)10-17-15(16)7-13(19)8-18(17)20;2-1-3;1-5(2,3)4/h3-9,18,24H,10-11H2,1-2H3,(H,21,23);3-8,16H,9-10H2,1-2H3,(H,21,23);1H2;(H2,1,2,3,4). The van der Waals surface area contributed by atoms with Crippen molar-refractivity contribution in [2.75, 3.05) is 43.2 Å². The zero-order valence-corrected chi connectivity index (χ0v) is 35.6. The van der Waals surface area contributed by atoms with E-state index in [0.29, 0.717) is 33.8 Å². The number of nitrogens with zero attached hydrogens (tertiary/aromatic N) is 2. The highest BCUT2D eigenvalue weighted by Crippen LogP contribution is 2.38. The summed E-state index contributed by atoms with van der Waals surface area (Å²) in [5.74, 6) is 0.0215. The highest BCUT2D eigenvalue weighted by Gasteiger charge is 2.27. The van der Waals surface area contributed by atoms with Gasteiger partial charge in [-0.05, 0) is 90.4 Å². The molecule has 1 aliphatic heterocycles. The lowest BCUT2D eigenvalue weighted by molar-refractivity contribution is -0.115. The molecule has 4 aromatic rings. The number of amides is 2. The number of alkyl halides is 2. The molecule has 2 amide bonds. The molecule has 1 aliphatic rings. The van der Waals surface area contributed by atoms with Gasteiger partial charge in [-0.1, -0.05) is 76.7 Å². The van der Waals surface area contributed by atoms with Crippen LogP contribution in [-0.4, -0.2) is 76.8 Å². The average Bonchev–Trinajstić information content (AvgIpc) is 3.06. The molecule has 0 bridgehead atoms. The second-order valence-corrected chi connectivity index (χ2v) is 15.7. The number of likely N-dealkylation sites (N-methyl/N-ethyl adjacent to an activating group) is 2. The molecule has 0 radical (unpaired) electrons. The Balaban J connectivity index is 0.000000318. The number of anilines is 2. The van der Waals surface area contributed by atoms with E-state index < -0.39 is 16.5 Å². The van der Waals surface area contributed by atoms with Gasteiger partial charge in [-0.2, -0.15) is 8.42 Å². The van der Waals surface area contributed by atoms with E-state index in [9.17, 15) is 14.7 Å². The van der Waals surface area contributed by atoms with E-state index in [4.69, 9.17) is 87.1 Å². The molecule has 300 valence electrons. The Morgan fingerprint density at radius 1 is 0.836 bits per heavy atom. The van der Waals surface area contributed by atoms with Crippen LogP contribution >= 0.6 is 69.6 Å². The van der Waals surface area contributed by atoms with Gasteiger partial charge in [0.1, 0.15) is 0 Å². The van der Waals surface area contributed by atoms with Crippen molar-refractivity contribution in [2.45, 2.75) is 39.0 Å². The number of aliphatic hydroxyl groups is 1. The topological polar surface area (TPSA) is 160 Å². The predicted molar refractivity (Wildman–Crippen MR) is 225 cm³/mol. The minimum atomic E-state index is -4.67. The van der Waals surface area contributed by atoms with Crippen LogP contribution in [0.25, 0.3) is 0 Å². The number of hydrogen-bond donors (Lipinski definition) is 5. The molecule has 5 rings (SSSR count). The highest BCUT2D eigenvalue weighted by atomic mass is 35.5. The van der Waals surface area contributed by atoms with Crippen molar-refractivity contribution in [3.8, 4) is 0 Å². The smallest absolute Gasteiger partial charge is 0.387 e. The van der Waals surface area contributed by atoms with Crippen LogP contribution in [0.3, 0.4) is 0 Å². The number of carbonyl (C=O) groups is 2. The van der Waals surface area contributed by atoms with Gasteiger partial charge in [0.05, 0.1) is 11.4 Å². The normalized spacial score (nSPS) is 14.1. The fourth-order valence-corrected chi connectivity index (χ4v) is 6.57. The summed E-state index contributed by atoms with van der Waals surface area (Å²) in [5, 5.41) is 18.7. The molecular weight excluding hydrogens is 857 g/mol. The molecule has 18 heteroatoms. The van der Waals surface area contributed by atoms with Crippen LogP contribution in [0.5, 0.6) is 0 Å². The first-order valence-corrected chi connectivity index (χ1v) is 20.2. The van der Waals surface area contributed by atoms with E-state index in [0.717, 1.165) is 40.5 Å². The molecule has 0 saturated heterocycles. The third-order valence-corrected chi connectivity index (χ3v) is 8.82. The van der Waals surface area contributed by atoms with Crippen molar-refractivity contribution in [1.29, 1.82) is 0 Å². The lowest BCUT2D eigenvalue weighted by Crippen LogP contribution is -2.31. The first kappa shape index (κ1) is 48.5. The number of fused-ring (bicyclic) bond motifs is 1. The van der Waals surface area contributed by atoms with Crippen LogP contribution in [0, 0.1) is 0 Å². The Bertz CT molecular complexity index is 1970. The summed E-state index contributed by atoms with van der Waals surface area (Å²) in [6.45, 7) is 5.76. The molecular formula is C37H42Cl6N4O7S. The van der Waals surface area contributed by atoms with Gasteiger partial charge in [-0.3, -0.25) is 23.6 Å². The maximum absolute atomic E-state index is 11.1. The zero-order valence-electron chi connectivity index (χ0n) is 30.2. The molecule has 0 saturated carbocycles. The third-order valence-electron chi connectivity index (χ3n) is 7.68. The predicted octanol–water partition coefficient (Wildman–Crippen LogP) is 9.42. The number of rotatable bonds is 8. The molecule has 0 aromatic heterocycles. The quantitative estimate of drug-likeness (QED) is 0.0858. The second-order valence-electron chi connectivity index (χ2n) is 12.3. The second kappa shape index (κ2) is 23.5. The largest absolute Gasteiger partial charge is 0.394 e. The summed E-state index contributed by atoms with van der Waals surface area (Å²) in [4.78, 5) is 26.4. The fourth-order valence-electron chi connectivity index (χ4n) is 5.53. The number of aliphatic hydroxyl groups excluding tert-OH is 1. The summed E-state index contributed by atoms with van der Waals surface area (Å²) in [6.07, 6.45) is -0.632.